The molecule has 0 bridgehead atoms. The molecule has 0 spiro atoms. The number of benzene rings is 2. The summed E-state index contributed by atoms with van der Waals surface area (Å²) in [6.45, 7) is 0. The Labute approximate surface area is 150 Å². The van der Waals surface area contributed by atoms with Crippen molar-refractivity contribution in [1.82, 2.24) is 5.43 Å². The van der Waals surface area contributed by atoms with E-state index in [1.165, 1.54) is 6.07 Å². The van der Waals surface area contributed by atoms with E-state index in [4.69, 9.17) is 11.6 Å². The summed E-state index contributed by atoms with van der Waals surface area (Å²) in [7, 11) is 0. The van der Waals surface area contributed by atoms with Crippen molar-refractivity contribution >= 4 is 45.3 Å². The van der Waals surface area contributed by atoms with Crippen LogP contribution in [-0.4, -0.2) is 22.2 Å². The smallest absolute Gasteiger partial charge is 0.271 e. The monoisotopic (exact) mass is 411 g/mol. The molecule has 0 aromatic heterocycles. The second-order valence-electron chi connectivity index (χ2n) is 4.72. The molecule has 2 N–H and O–H groups in total. The summed E-state index contributed by atoms with van der Waals surface area (Å²) in [5.74, 6) is -0.589. The second-order valence-corrected chi connectivity index (χ2v) is 6.01. The van der Waals surface area contributed by atoms with Gasteiger partial charge >= 0.3 is 0 Å². The van der Waals surface area contributed by atoms with Gasteiger partial charge in [-0.25, -0.2) is 5.43 Å². The number of phenolic OH excluding ortho intramolecular Hbond substituents is 1. The van der Waals surface area contributed by atoms with Crippen LogP contribution in [0.1, 0.15) is 11.1 Å². The number of aromatic hydroxyl groups is 1. The van der Waals surface area contributed by atoms with Crippen LogP contribution in [0.3, 0.4) is 0 Å². The number of phenols is 1. The summed E-state index contributed by atoms with van der Waals surface area (Å²) >= 11 is 8.78. The van der Waals surface area contributed by atoms with E-state index >= 15 is 0 Å². The summed E-state index contributed by atoms with van der Waals surface area (Å²) < 4.78 is 0.158. The van der Waals surface area contributed by atoms with Crippen LogP contribution in [0.2, 0.25) is 5.02 Å². The fourth-order valence-electron chi connectivity index (χ4n) is 1.81. The Bertz CT molecular complexity index is 809. The molecule has 0 saturated carbocycles. The van der Waals surface area contributed by atoms with Crippen LogP contribution in [-0.2, 0) is 11.2 Å². The fraction of sp³-hybridized carbons (Fsp3) is 0.0667. The van der Waals surface area contributed by atoms with E-state index in [0.717, 1.165) is 17.8 Å². The van der Waals surface area contributed by atoms with E-state index in [-0.39, 0.29) is 33.8 Å². The van der Waals surface area contributed by atoms with E-state index in [2.05, 4.69) is 26.5 Å². The van der Waals surface area contributed by atoms with Gasteiger partial charge in [0, 0.05) is 22.7 Å². The summed E-state index contributed by atoms with van der Waals surface area (Å²) in [5.41, 5.74) is 2.93. The minimum atomic E-state index is -0.597. The molecule has 24 heavy (non-hydrogen) atoms. The van der Waals surface area contributed by atoms with Gasteiger partial charge < -0.3 is 5.11 Å². The Morgan fingerprint density at radius 1 is 1.38 bits per heavy atom. The maximum absolute atomic E-state index is 11.8. The van der Waals surface area contributed by atoms with Crippen LogP contribution < -0.4 is 5.43 Å². The van der Waals surface area contributed by atoms with Gasteiger partial charge in [-0.1, -0.05) is 23.7 Å². The molecule has 7 nitrogen and oxygen atoms in total. The molecule has 0 atom stereocenters. The molecule has 0 radical (unpaired) electrons. The van der Waals surface area contributed by atoms with Crippen molar-refractivity contribution < 1.29 is 14.8 Å². The largest absolute Gasteiger partial charge is 0.506 e. The Morgan fingerprint density at radius 3 is 2.67 bits per heavy atom. The number of hydrogen-bond acceptors (Lipinski definition) is 5. The molecule has 0 saturated heterocycles. The number of nitrogens with one attached hydrogen (secondary N) is 1. The van der Waals surface area contributed by atoms with Crippen molar-refractivity contribution in [3.05, 3.63) is 67.1 Å². The van der Waals surface area contributed by atoms with E-state index < -0.39 is 4.92 Å². The van der Waals surface area contributed by atoms with Crippen LogP contribution in [0.4, 0.5) is 5.69 Å². The first kappa shape index (κ1) is 17.9. The highest BCUT2D eigenvalue weighted by molar-refractivity contribution is 9.10. The third-order valence-corrected chi connectivity index (χ3v) is 3.82. The minimum absolute atomic E-state index is 0.0964. The molecule has 0 aliphatic rings. The lowest BCUT2D eigenvalue weighted by atomic mass is 10.1. The van der Waals surface area contributed by atoms with Gasteiger partial charge in [0.25, 0.3) is 5.69 Å². The quantitative estimate of drug-likeness (QED) is 0.446. The van der Waals surface area contributed by atoms with Crippen molar-refractivity contribution in [1.29, 1.82) is 0 Å². The molecule has 9 heteroatoms. The van der Waals surface area contributed by atoms with Crippen LogP contribution in [0, 0.1) is 10.1 Å². The second kappa shape index (κ2) is 7.89. The SMILES string of the molecule is O=C(Cc1ccc(Cl)cc1)N/N=C\c1cc([N+](=O)[O-])cc(Br)c1O. The number of amides is 1. The number of nitro benzene ring substituents is 1. The highest BCUT2D eigenvalue weighted by Gasteiger charge is 2.13. The third-order valence-electron chi connectivity index (χ3n) is 2.96. The van der Waals surface area contributed by atoms with Crippen LogP contribution in [0.25, 0.3) is 0 Å². The van der Waals surface area contributed by atoms with E-state index in [9.17, 15) is 20.0 Å². The van der Waals surface area contributed by atoms with Crippen molar-refractivity contribution in [2.75, 3.05) is 0 Å². The topological polar surface area (TPSA) is 105 Å². The van der Waals surface area contributed by atoms with Gasteiger partial charge in [0.2, 0.25) is 5.91 Å². The zero-order chi connectivity index (χ0) is 17.7. The molecule has 124 valence electrons. The number of rotatable bonds is 5. The van der Waals surface area contributed by atoms with Crippen LogP contribution >= 0.6 is 27.5 Å². The molecule has 0 aliphatic carbocycles. The number of halogens is 2. The number of hydrazone groups is 1. The van der Waals surface area contributed by atoms with Gasteiger partial charge in [-0.15, -0.1) is 0 Å². The predicted octanol–water partition coefficient (Wildman–Crippen LogP) is 3.41. The minimum Gasteiger partial charge on any atom is -0.506 e. The number of nitro groups is 1. The first-order valence-corrected chi connectivity index (χ1v) is 7.77. The Kier molecular flexibility index (Phi) is 5.88. The maximum atomic E-state index is 11.8. The van der Waals surface area contributed by atoms with Crippen LogP contribution in [0.5, 0.6) is 5.75 Å². The standard InChI is InChI=1S/C15H11BrClN3O4/c16-13-7-12(20(23)24)6-10(15(13)22)8-18-19-14(21)5-9-1-3-11(17)4-2-9/h1-4,6-8,22H,5H2,(H,19,21)/b18-8-. The highest BCUT2D eigenvalue weighted by atomic mass is 79.9. The summed E-state index contributed by atoms with van der Waals surface area (Å²) in [6, 6.07) is 9.10. The number of non-ortho nitro benzene ring substituents is 1. The average Bonchev–Trinajstić information content (AvgIpc) is 2.53. The molecule has 2 aromatic rings. The number of carbonyl (C=O) groups excluding carboxylic acids is 1. The first-order valence-electron chi connectivity index (χ1n) is 6.60. The molecular formula is C15H11BrClN3O4. The first-order chi connectivity index (χ1) is 11.4. The Hall–Kier alpha value is -2.45. The van der Waals surface area contributed by atoms with Gasteiger partial charge in [0.05, 0.1) is 22.0 Å². The third kappa shape index (κ3) is 4.77. The summed E-state index contributed by atoms with van der Waals surface area (Å²) in [5, 5.41) is 24.9. The normalized spacial score (nSPS) is 10.8. The van der Waals surface area contributed by atoms with E-state index in [1.54, 1.807) is 24.3 Å². The van der Waals surface area contributed by atoms with Crippen molar-refractivity contribution in [2.24, 2.45) is 5.10 Å². The highest BCUT2D eigenvalue weighted by Crippen LogP contribution is 2.31. The van der Waals surface area contributed by atoms with Gasteiger partial charge in [-0.05, 0) is 33.6 Å². The Balaban J connectivity index is 2.04. The summed E-state index contributed by atoms with van der Waals surface area (Å²) in [4.78, 5) is 22.0. The van der Waals surface area contributed by atoms with Crippen LogP contribution in [0.15, 0.2) is 46.0 Å². The molecule has 0 aliphatic heterocycles. The zero-order valence-electron chi connectivity index (χ0n) is 12.1. The number of carbonyl (C=O) groups is 1. The summed E-state index contributed by atoms with van der Waals surface area (Å²) in [6.07, 6.45) is 1.23. The molecule has 0 fully saturated rings. The molecule has 1 amide bonds. The van der Waals surface area contributed by atoms with Crippen molar-refractivity contribution in [2.45, 2.75) is 6.42 Å². The Morgan fingerprint density at radius 2 is 2.04 bits per heavy atom. The molecule has 0 heterocycles. The van der Waals surface area contributed by atoms with E-state index in [0.29, 0.717) is 5.02 Å². The van der Waals surface area contributed by atoms with Gasteiger partial charge in [-0.3, -0.25) is 14.9 Å². The lowest BCUT2D eigenvalue weighted by Crippen LogP contribution is -2.19. The maximum Gasteiger partial charge on any atom is 0.271 e. The molecule has 2 rings (SSSR count). The molecule has 0 unspecified atom stereocenters. The molecular weight excluding hydrogens is 402 g/mol. The van der Waals surface area contributed by atoms with Gasteiger partial charge in [-0.2, -0.15) is 5.10 Å². The average molecular weight is 413 g/mol. The van der Waals surface area contributed by atoms with E-state index in [1.807, 2.05) is 0 Å². The predicted molar refractivity (Wildman–Crippen MR) is 93.4 cm³/mol. The van der Waals surface area contributed by atoms with Crippen molar-refractivity contribution in [3.63, 3.8) is 0 Å². The lowest BCUT2D eigenvalue weighted by molar-refractivity contribution is -0.385. The lowest BCUT2D eigenvalue weighted by Gasteiger charge is -2.03. The van der Waals surface area contributed by atoms with Gasteiger partial charge in [0.1, 0.15) is 5.75 Å². The van der Waals surface area contributed by atoms with Crippen molar-refractivity contribution in [3.8, 4) is 5.75 Å². The van der Waals surface area contributed by atoms with Gasteiger partial charge in [0.15, 0.2) is 0 Å². The zero-order valence-corrected chi connectivity index (χ0v) is 14.4. The fourth-order valence-corrected chi connectivity index (χ4v) is 2.40. The number of hydrogen-bond donors (Lipinski definition) is 2. The number of nitrogens with zero attached hydrogens (tertiary/aromatic N) is 2. The molecule has 2 aromatic carbocycles.